The van der Waals surface area contributed by atoms with Gasteiger partial charge < -0.3 is 10.6 Å². The molecule has 21 heavy (non-hydrogen) atoms. The van der Waals surface area contributed by atoms with Crippen molar-refractivity contribution in [2.75, 3.05) is 11.4 Å². The minimum Gasteiger partial charge on any atom is -0.325 e. The van der Waals surface area contributed by atoms with Crippen molar-refractivity contribution in [1.29, 1.82) is 0 Å². The Morgan fingerprint density at radius 3 is 3.05 bits per heavy atom. The Hall–Kier alpha value is -2.20. The molecule has 0 bridgehead atoms. The second kappa shape index (κ2) is 5.66. The van der Waals surface area contributed by atoms with E-state index in [1.165, 1.54) is 5.56 Å². The highest BCUT2D eigenvalue weighted by Gasteiger charge is 2.25. The van der Waals surface area contributed by atoms with Gasteiger partial charge in [0, 0.05) is 24.8 Å². The molecule has 3 rings (SSSR count). The number of hydrogen-bond acceptors (Lipinski definition) is 3. The van der Waals surface area contributed by atoms with Crippen molar-refractivity contribution < 1.29 is 4.79 Å². The van der Waals surface area contributed by atoms with E-state index in [9.17, 15) is 4.79 Å². The number of rotatable bonds is 2. The van der Waals surface area contributed by atoms with E-state index in [4.69, 9.17) is 5.73 Å². The van der Waals surface area contributed by atoms with Gasteiger partial charge in [0.15, 0.2) is 0 Å². The standard InChI is InChI=1S/C17H19N3O/c1-12-4-2-5-13-6-3-9-20(16(12)13)17(21)14-7-8-19-15(10-14)11-18/h2,4-5,7-8,10H,3,6,9,11,18H2,1H3. The van der Waals surface area contributed by atoms with Gasteiger partial charge in [-0.3, -0.25) is 9.78 Å². The monoisotopic (exact) mass is 281 g/mol. The Bertz CT molecular complexity index is 681. The fourth-order valence-corrected chi connectivity index (χ4v) is 2.93. The summed E-state index contributed by atoms with van der Waals surface area (Å²) in [4.78, 5) is 18.9. The third kappa shape index (κ3) is 2.54. The maximum absolute atomic E-state index is 12.8. The van der Waals surface area contributed by atoms with Crippen LogP contribution in [0.25, 0.3) is 0 Å². The van der Waals surface area contributed by atoms with Crippen LogP contribution in [0.4, 0.5) is 5.69 Å². The van der Waals surface area contributed by atoms with E-state index in [1.54, 1.807) is 18.3 Å². The normalized spacial score (nSPS) is 13.9. The van der Waals surface area contributed by atoms with Gasteiger partial charge in [0.25, 0.3) is 5.91 Å². The number of benzene rings is 1. The Labute approximate surface area is 124 Å². The van der Waals surface area contributed by atoms with Crippen molar-refractivity contribution >= 4 is 11.6 Å². The number of anilines is 1. The summed E-state index contributed by atoms with van der Waals surface area (Å²) in [5.74, 6) is 0.0300. The van der Waals surface area contributed by atoms with Crippen LogP contribution in [0.15, 0.2) is 36.5 Å². The number of nitrogens with zero attached hydrogens (tertiary/aromatic N) is 2. The largest absolute Gasteiger partial charge is 0.325 e. The van der Waals surface area contributed by atoms with Crippen LogP contribution >= 0.6 is 0 Å². The highest BCUT2D eigenvalue weighted by molar-refractivity contribution is 6.07. The summed E-state index contributed by atoms with van der Waals surface area (Å²) in [5, 5.41) is 0. The van der Waals surface area contributed by atoms with E-state index in [-0.39, 0.29) is 5.91 Å². The zero-order valence-electron chi connectivity index (χ0n) is 12.2. The first-order valence-corrected chi connectivity index (χ1v) is 7.26. The first-order chi connectivity index (χ1) is 10.2. The molecule has 2 N–H and O–H groups in total. The third-order valence-electron chi connectivity index (χ3n) is 3.94. The van der Waals surface area contributed by atoms with Crippen molar-refractivity contribution in [3.63, 3.8) is 0 Å². The SMILES string of the molecule is Cc1cccc2c1N(C(=O)c1ccnc(CN)c1)CCC2. The second-order valence-corrected chi connectivity index (χ2v) is 5.38. The van der Waals surface area contributed by atoms with Crippen molar-refractivity contribution in [3.05, 3.63) is 58.9 Å². The topological polar surface area (TPSA) is 59.2 Å². The Balaban J connectivity index is 2.00. The lowest BCUT2D eigenvalue weighted by Crippen LogP contribution is -2.36. The molecule has 2 heterocycles. The zero-order valence-corrected chi connectivity index (χ0v) is 12.2. The van der Waals surface area contributed by atoms with Crippen LogP contribution < -0.4 is 10.6 Å². The maximum Gasteiger partial charge on any atom is 0.258 e. The van der Waals surface area contributed by atoms with Gasteiger partial charge >= 0.3 is 0 Å². The molecule has 0 radical (unpaired) electrons. The summed E-state index contributed by atoms with van der Waals surface area (Å²) in [6, 6.07) is 9.77. The number of amides is 1. The molecule has 4 heteroatoms. The van der Waals surface area contributed by atoms with Crippen LogP contribution in [0.2, 0.25) is 0 Å². The van der Waals surface area contributed by atoms with Crippen molar-refractivity contribution in [3.8, 4) is 0 Å². The molecule has 0 fully saturated rings. The first kappa shape index (κ1) is 13.8. The quantitative estimate of drug-likeness (QED) is 0.919. The number of fused-ring (bicyclic) bond motifs is 1. The summed E-state index contributed by atoms with van der Waals surface area (Å²) in [6.45, 7) is 3.16. The van der Waals surface area contributed by atoms with E-state index < -0.39 is 0 Å². The van der Waals surface area contributed by atoms with E-state index in [1.807, 2.05) is 4.90 Å². The summed E-state index contributed by atoms with van der Waals surface area (Å²) < 4.78 is 0. The molecule has 1 aromatic heterocycles. The number of nitrogens with two attached hydrogens (primary N) is 1. The van der Waals surface area contributed by atoms with Gasteiger partial charge in [0.2, 0.25) is 0 Å². The zero-order chi connectivity index (χ0) is 14.8. The molecular formula is C17H19N3O. The summed E-state index contributed by atoms with van der Waals surface area (Å²) >= 11 is 0. The molecule has 0 saturated heterocycles. The molecule has 108 valence electrons. The van der Waals surface area contributed by atoms with Gasteiger partial charge in [-0.25, -0.2) is 0 Å². The van der Waals surface area contributed by atoms with Gasteiger partial charge in [0.1, 0.15) is 0 Å². The van der Waals surface area contributed by atoms with Gasteiger partial charge in [-0.2, -0.15) is 0 Å². The predicted molar refractivity (Wildman–Crippen MR) is 83.3 cm³/mol. The molecule has 0 aliphatic carbocycles. The summed E-state index contributed by atoms with van der Waals surface area (Å²) in [5.41, 5.74) is 10.5. The second-order valence-electron chi connectivity index (χ2n) is 5.38. The number of aryl methyl sites for hydroxylation is 2. The molecule has 0 saturated carbocycles. The van der Waals surface area contributed by atoms with Gasteiger partial charge in [0.05, 0.1) is 11.4 Å². The minimum absolute atomic E-state index is 0.0300. The molecule has 0 atom stereocenters. The lowest BCUT2D eigenvalue weighted by atomic mass is 9.97. The molecule has 4 nitrogen and oxygen atoms in total. The number of aromatic nitrogens is 1. The van der Waals surface area contributed by atoms with Crippen LogP contribution in [0, 0.1) is 6.92 Å². The average molecular weight is 281 g/mol. The van der Waals surface area contributed by atoms with Crippen LogP contribution in [0.1, 0.15) is 33.6 Å². The van der Waals surface area contributed by atoms with Crippen LogP contribution in [0.3, 0.4) is 0 Å². The maximum atomic E-state index is 12.8. The number of carbonyl (C=O) groups excluding carboxylic acids is 1. The fraction of sp³-hybridized carbons (Fsp3) is 0.294. The molecule has 1 aliphatic rings. The predicted octanol–water partition coefficient (Wildman–Crippen LogP) is 2.44. The van der Waals surface area contributed by atoms with Gasteiger partial charge in [-0.05, 0) is 43.0 Å². The summed E-state index contributed by atoms with van der Waals surface area (Å²) in [7, 11) is 0. The van der Waals surface area contributed by atoms with E-state index in [2.05, 4.69) is 30.1 Å². The van der Waals surface area contributed by atoms with E-state index in [0.717, 1.165) is 36.3 Å². The average Bonchev–Trinajstić information content (AvgIpc) is 2.54. The number of para-hydroxylation sites is 1. The van der Waals surface area contributed by atoms with E-state index in [0.29, 0.717) is 12.1 Å². The van der Waals surface area contributed by atoms with Gasteiger partial charge in [-0.1, -0.05) is 18.2 Å². The lowest BCUT2D eigenvalue weighted by molar-refractivity contribution is 0.0984. The van der Waals surface area contributed by atoms with E-state index >= 15 is 0 Å². The Kier molecular flexibility index (Phi) is 3.71. The molecule has 1 aliphatic heterocycles. The molecule has 1 aromatic carbocycles. The summed E-state index contributed by atoms with van der Waals surface area (Å²) in [6.07, 6.45) is 3.68. The third-order valence-corrected chi connectivity index (χ3v) is 3.94. The number of pyridine rings is 1. The van der Waals surface area contributed by atoms with Crippen molar-refractivity contribution in [1.82, 2.24) is 4.98 Å². The highest BCUT2D eigenvalue weighted by atomic mass is 16.2. The van der Waals surface area contributed by atoms with Crippen molar-refractivity contribution in [2.45, 2.75) is 26.3 Å². The smallest absolute Gasteiger partial charge is 0.258 e. The highest BCUT2D eigenvalue weighted by Crippen LogP contribution is 2.31. The minimum atomic E-state index is 0.0300. The van der Waals surface area contributed by atoms with Crippen LogP contribution in [0.5, 0.6) is 0 Å². The fourth-order valence-electron chi connectivity index (χ4n) is 2.93. The molecule has 2 aromatic rings. The van der Waals surface area contributed by atoms with Gasteiger partial charge in [-0.15, -0.1) is 0 Å². The van der Waals surface area contributed by atoms with Crippen molar-refractivity contribution in [2.24, 2.45) is 5.73 Å². The first-order valence-electron chi connectivity index (χ1n) is 7.26. The van der Waals surface area contributed by atoms with Crippen LogP contribution in [-0.4, -0.2) is 17.4 Å². The molecular weight excluding hydrogens is 262 g/mol. The molecule has 0 spiro atoms. The Morgan fingerprint density at radius 2 is 2.24 bits per heavy atom. The Morgan fingerprint density at radius 1 is 1.38 bits per heavy atom. The van der Waals surface area contributed by atoms with Crippen LogP contribution in [-0.2, 0) is 13.0 Å². The number of carbonyl (C=O) groups is 1. The molecule has 1 amide bonds. The molecule has 0 unspecified atom stereocenters. The lowest BCUT2D eigenvalue weighted by Gasteiger charge is -2.31. The number of hydrogen-bond donors (Lipinski definition) is 1.